The molecule has 1 aromatic carbocycles. The van der Waals surface area contributed by atoms with Gasteiger partial charge in [0, 0.05) is 46.7 Å². The summed E-state index contributed by atoms with van der Waals surface area (Å²) in [5.74, 6) is -0.743. The monoisotopic (exact) mass is 613 g/mol. The number of hydrazine groups is 2. The minimum Gasteiger partial charge on any atom is -0.383 e. The average molecular weight is 614 g/mol. The van der Waals surface area contributed by atoms with Crippen LogP contribution in [0, 0.1) is 40.9 Å². The number of hydrogen-bond donors (Lipinski definition) is 4. The second-order valence-electron chi connectivity index (χ2n) is 11.3. The summed E-state index contributed by atoms with van der Waals surface area (Å²) in [5.41, 5.74) is 3.97. The van der Waals surface area contributed by atoms with E-state index in [1.54, 1.807) is 13.0 Å². The second-order valence-corrected chi connectivity index (χ2v) is 11.3. The Balaban J connectivity index is 1.42. The molecule has 6 rings (SSSR count). The Labute approximate surface area is 247 Å². The number of aromatic nitrogens is 2. The van der Waals surface area contributed by atoms with Crippen molar-refractivity contribution in [1.29, 1.82) is 10.5 Å². The van der Waals surface area contributed by atoms with E-state index in [0.717, 1.165) is 11.1 Å². The molecule has 0 radical (unpaired) electrons. The molecular weight excluding hydrogens is 588 g/mol. The van der Waals surface area contributed by atoms with Gasteiger partial charge in [-0.15, -0.1) is 5.53 Å². The standard InChI is InChI=1S/C29H25F6N9/c1-15-19(2-3-22(30)40-15)25(21-13-44(43-42-21)28(6-7-28)29(33,34)35)41-18-8-16(10-36)23-20(9-18)24(17(11-37)12-38-23)39-14-27(4-5-27)26(31)32/h2-3,8-9,12-13,25-26,41-43H,4-7,14H2,1H3,(H,38,39)/t25-/m0/s1. The van der Waals surface area contributed by atoms with Gasteiger partial charge in [0.1, 0.15) is 12.1 Å². The number of rotatable bonds is 9. The Morgan fingerprint density at radius 2 is 1.82 bits per heavy atom. The summed E-state index contributed by atoms with van der Waals surface area (Å²) >= 11 is 0. The van der Waals surface area contributed by atoms with E-state index < -0.39 is 35.5 Å². The molecule has 0 bridgehead atoms. The number of benzene rings is 1. The van der Waals surface area contributed by atoms with Crippen LogP contribution in [0.15, 0.2) is 42.4 Å². The van der Waals surface area contributed by atoms with E-state index in [1.807, 2.05) is 6.07 Å². The van der Waals surface area contributed by atoms with E-state index in [1.165, 1.54) is 24.5 Å². The SMILES string of the molecule is Cc1nc(F)ccc1[C@H](Nc1cc(C#N)c2ncc(C#N)c(NCC3(C(F)F)CC3)c2c1)C1=CN(C2(C(F)(F)F)CC2)NN1. The minimum atomic E-state index is -4.50. The molecule has 0 saturated heterocycles. The summed E-state index contributed by atoms with van der Waals surface area (Å²) in [6.45, 7) is 1.45. The third kappa shape index (κ3) is 4.97. The first kappa shape index (κ1) is 29.3. The van der Waals surface area contributed by atoms with Gasteiger partial charge in [0.2, 0.25) is 12.4 Å². The van der Waals surface area contributed by atoms with E-state index in [-0.39, 0.29) is 53.1 Å². The van der Waals surface area contributed by atoms with Crippen molar-refractivity contribution in [3.63, 3.8) is 0 Å². The van der Waals surface area contributed by atoms with E-state index in [9.17, 15) is 36.9 Å². The molecule has 0 unspecified atom stereocenters. The molecule has 3 heterocycles. The van der Waals surface area contributed by atoms with Gasteiger partial charge in [-0.2, -0.15) is 28.1 Å². The third-order valence-corrected chi connectivity index (χ3v) is 8.51. The highest BCUT2D eigenvalue weighted by molar-refractivity contribution is 5.99. The molecule has 2 fully saturated rings. The van der Waals surface area contributed by atoms with Gasteiger partial charge in [-0.3, -0.25) is 9.99 Å². The predicted octanol–water partition coefficient (Wildman–Crippen LogP) is 5.69. The highest BCUT2D eigenvalue weighted by atomic mass is 19.4. The number of nitrogens with zero attached hydrogens (tertiary/aromatic N) is 5. The number of nitrogens with one attached hydrogen (secondary N) is 4. The van der Waals surface area contributed by atoms with Crippen LogP contribution in [0.2, 0.25) is 0 Å². The number of anilines is 2. The van der Waals surface area contributed by atoms with E-state index >= 15 is 0 Å². The van der Waals surface area contributed by atoms with Gasteiger partial charge in [-0.25, -0.2) is 13.8 Å². The zero-order valence-corrected chi connectivity index (χ0v) is 23.2. The van der Waals surface area contributed by atoms with Crippen molar-refractivity contribution in [3.8, 4) is 12.1 Å². The van der Waals surface area contributed by atoms with Crippen LogP contribution in [-0.2, 0) is 0 Å². The smallest absolute Gasteiger partial charge is 0.383 e. The molecule has 0 amide bonds. The minimum absolute atomic E-state index is 0.0839. The van der Waals surface area contributed by atoms with Crippen molar-refractivity contribution >= 4 is 22.3 Å². The van der Waals surface area contributed by atoms with Crippen LogP contribution in [0.1, 0.15) is 54.1 Å². The maximum absolute atomic E-state index is 13.9. The molecule has 44 heavy (non-hydrogen) atoms. The molecule has 4 N–H and O–H groups in total. The van der Waals surface area contributed by atoms with E-state index in [4.69, 9.17) is 0 Å². The number of aryl methyl sites for hydroxylation is 1. The Hall–Kier alpha value is -4.76. The molecule has 3 aromatic rings. The van der Waals surface area contributed by atoms with E-state index in [0.29, 0.717) is 29.5 Å². The fourth-order valence-corrected chi connectivity index (χ4v) is 5.46. The first-order valence-corrected chi connectivity index (χ1v) is 13.7. The van der Waals surface area contributed by atoms with E-state index in [2.05, 4.69) is 37.6 Å². The van der Waals surface area contributed by atoms with Gasteiger partial charge in [0.25, 0.3) is 0 Å². The Bertz CT molecular complexity index is 1750. The number of alkyl halides is 5. The highest BCUT2D eigenvalue weighted by Crippen LogP contribution is 2.54. The maximum atomic E-state index is 13.9. The van der Waals surface area contributed by atoms with Crippen molar-refractivity contribution in [2.24, 2.45) is 5.41 Å². The van der Waals surface area contributed by atoms with Gasteiger partial charge in [-0.1, -0.05) is 6.07 Å². The molecule has 1 aliphatic heterocycles. The molecule has 228 valence electrons. The van der Waals surface area contributed by atoms with Crippen LogP contribution >= 0.6 is 0 Å². The quantitative estimate of drug-likeness (QED) is 0.178. The fraction of sp³-hybridized carbons (Fsp3) is 0.379. The number of pyridine rings is 2. The molecule has 0 spiro atoms. The maximum Gasteiger partial charge on any atom is 0.413 e. The first-order chi connectivity index (χ1) is 20.9. The number of hydrogen-bond acceptors (Lipinski definition) is 9. The van der Waals surface area contributed by atoms with Crippen molar-refractivity contribution in [1.82, 2.24) is 25.9 Å². The number of nitriles is 2. The van der Waals surface area contributed by atoms with Gasteiger partial charge in [-0.05, 0) is 50.8 Å². The molecule has 3 aliphatic rings. The van der Waals surface area contributed by atoms with Gasteiger partial charge < -0.3 is 16.1 Å². The van der Waals surface area contributed by atoms with Gasteiger partial charge >= 0.3 is 6.18 Å². The normalized spacial score (nSPS) is 18.7. The molecule has 2 saturated carbocycles. The summed E-state index contributed by atoms with van der Waals surface area (Å²) in [6, 6.07) is 8.78. The molecule has 1 atom stereocenters. The number of halogens is 6. The van der Waals surface area contributed by atoms with Crippen LogP contribution in [0.25, 0.3) is 10.9 Å². The van der Waals surface area contributed by atoms with Crippen LogP contribution < -0.4 is 21.6 Å². The lowest BCUT2D eigenvalue weighted by Gasteiger charge is -2.28. The molecule has 15 heteroatoms. The zero-order valence-electron chi connectivity index (χ0n) is 23.2. The van der Waals surface area contributed by atoms with Crippen LogP contribution in [0.5, 0.6) is 0 Å². The van der Waals surface area contributed by atoms with Crippen LogP contribution in [-0.4, -0.2) is 39.7 Å². The van der Waals surface area contributed by atoms with Crippen molar-refractivity contribution in [2.75, 3.05) is 17.2 Å². The summed E-state index contributed by atoms with van der Waals surface area (Å²) in [5, 5.41) is 27.2. The predicted molar refractivity (Wildman–Crippen MR) is 147 cm³/mol. The third-order valence-electron chi connectivity index (χ3n) is 8.51. The lowest BCUT2D eigenvalue weighted by atomic mass is 10.00. The summed E-state index contributed by atoms with van der Waals surface area (Å²) in [7, 11) is 0. The number of fused-ring (bicyclic) bond motifs is 1. The van der Waals surface area contributed by atoms with Crippen molar-refractivity contribution < 1.29 is 26.3 Å². The fourth-order valence-electron chi connectivity index (χ4n) is 5.46. The summed E-state index contributed by atoms with van der Waals surface area (Å²) < 4.78 is 82.8. The topological polar surface area (TPSA) is 125 Å². The average Bonchev–Trinajstić information content (AvgIpc) is 3.91. The molecule has 2 aliphatic carbocycles. The van der Waals surface area contributed by atoms with Crippen molar-refractivity contribution in [3.05, 3.63) is 70.7 Å². The van der Waals surface area contributed by atoms with Gasteiger partial charge in [0.15, 0.2) is 5.54 Å². The first-order valence-electron chi connectivity index (χ1n) is 13.7. The molecule has 2 aromatic heterocycles. The molecular formula is C29H25F6N9. The second kappa shape index (κ2) is 10.4. The Morgan fingerprint density at radius 3 is 2.41 bits per heavy atom. The van der Waals surface area contributed by atoms with Crippen LogP contribution in [0.3, 0.4) is 0 Å². The highest BCUT2D eigenvalue weighted by Gasteiger charge is 2.67. The van der Waals surface area contributed by atoms with Crippen molar-refractivity contribution in [2.45, 2.75) is 56.8 Å². The summed E-state index contributed by atoms with van der Waals surface area (Å²) in [4.78, 5) is 8.14. The molecule has 9 nitrogen and oxygen atoms in total. The lowest BCUT2D eigenvalue weighted by Crippen LogP contribution is -2.52. The lowest BCUT2D eigenvalue weighted by molar-refractivity contribution is -0.195. The summed E-state index contributed by atoms with van der Waals surface area (Å²) in [6.07, 6.45) is -4.05. The Kier molecular flexibility index (Phi) is 6.96. The largest absolute Gasteiger partial charge is 0.413 e. The zero-order chi connectivity index (χ0) is 31.4. The van der Waals surface area contributed by atoms with Gasteiger partial charge in [0.05, 0.1) is 34.1 Å². The Morgan fingerprint density at radius 1 is 1.09 bits per heavy atom. The van der Waals surface area contributed by atoms with Crippen LogP contribution in [0.4, 0.5) is 37.7 Å².